The van der Waals surface area contributed by atoms with Crippen LogP contribution < -0.4 is 19.7 Å². The highest BCUT2D eigenvalue weighted by atomic mass is 16.5. The van der Waals surface area contributed by atoms with Crippen molar-refractivity contribution < 1.29 is 9.47 Å². The van der Waals surface area contributed by atoms with E-state index in [4.69, 9.17) is 9.47 Å². The van der Waals surface area contributed by atoms with Crippen molar-refractivity contribution in [1.29, 1.82) is 0 Å². The van der Waals surface area contributed by atoms with Crippen LogP contribution in [0.5, 0.6) is 11.5 Å². The molecule has 25 heavy (non-hydrogen) atoms. The summed E-state index contributed by atoms with van der Waals surface area (Å²) in [4.78, 5) is 6.53. The molecule has 2 aromatic rings. The number of para-hydroxylation sites is 1. The first-order valence-electron chi connectivity index (χ1n) is 9.16. The number of nitrogens with one attached hydrogen (secondary N) is 1. The van der Waals surface area contributed by atoms with E-state index < -0.39 is 0 Å². The fraction of sp³-hybridized carbons (Fsp3) is 0.450. The summed E-state index contributed by atoms with van der Waals surface area (Å²) < 4.78 is 11.7. The Morgan fingerprint density at radius 3 is 2.68 bits per heavy atom. The van der Waals surface area contributed by atoms with Gasteiger partial charge in [0, 0.05) is 55.7 Å². The summed E-state index contributed by atoms with van der Waals surface area (Å²) >= 11 is 0. The number of rotatable bonds is 4. The Morgan fingerprint density at radius 1 is 1.04 bits per heavy atom. The van der Waals surface area contributed by atoms with Gasteiger partial charge in [-0.25, -0.2) is 0 Å². The predicted molar refractivity (Wildman–Crippen MR) is 98.4 cm³/mol. The van der Waals surface area contributed by atoms with E-state index in [9.17, 15) is 0 Å². The normalized spacial score (nSPS) is 18.0. The summed E-state index contributed by atoms with van der Waals surface area (Å²) in [5, 5.41) is 3.71. The third-order valence-corrected chi connectivity index (χ3v) is 4.96. The van der Waals surface area contributed by atoms with Gasteiger partial charge in [-0.2, -0.15) is 0 Å². The van der Waals surface area contributed by atoms with Gasteiger partial charge in [0.25, 0.3) is 0 Å². The molecule has 5 heteroatoms. The first-order chi connectivity index (χ1) is 12.4. The summed E-state index contributed by atoms with van der Waals surface area (Å²) in [6.45, 7) is 4.44. The van der Waals surface area contributed by atoms with E-state index in [-0.39, 0.29) is 0 Å². The molecule has 0 radical (unpaired) electrons. The molecule has 0 unspecified atom stereocenters. The number of anilines is 1. The molecular formula is C20H25N3O2. The zero-order valence-corrected chi connectivity index (χ0v) is 14.5. The monoisotopic (exact) mass is 339 g/mol. The summed E-state index contributed by atoms with van der Waals surface area (Å²) in [7, 11) is 0. The first kappa shape index (κ1) is 16.2. The van der Waals surface area contributed by atoms with Crippen LogP contribution in [0.15, 0.2) is 42.7 Å². The minimum Gasteiger partial charge on any atom is -0.490 e. The van der Waals surface area contributed by atoms with E-state index in [0.717, 1.165) is 63.6 Å². The van der Waals surface area contributed by atoms with E-state index in [2.05, 4.69) is 39.5 Å². The van der Waals surface area contributed by atoms with Crippen LogP contribution in [-0.2, 0) is 6.54 Å². The molecule has 0 amide bonds. The quantitative estimate of drug-likeness (QED) is 0.928. The van der Waals surface area contributed by atoms with Crippen molar-refractivity contribution in [3.63, 3.8) is 0 Å². The highest BCUT2D eigenvalue weighted by molar-refractivity contribution is 5.47. The van der Waals surface area contributed by atoms with Crippen molar-refractivity contribution in [2.75, 3.05) is 31.2 Å². The van der Waals surface area contributed by atoms with Crippen LogP contribution in [0.25, 0.3) is 0 Å². The van der Waals surface area contributed by atoms with Gasteiger partial charge in [0.1, 0.15) is 0 Å². The molecule has 5 nitrogen and oxygen atoms in total. The Bertz CT molecular complexity index is 685. The number of aromatic nitrogens is 1. The van der Waals surface area contributed by atoms with Crippen molar-refractivity contribution in [2.24, 2.45) is 0 Å². The maximum atomic E-state index is 5.92. The predicted octanol–water partition coefficient (Wildman–Crippen LogP) is 3.00. The van der Waals surface area contributed by atoms with E-state index >= 15 is 0 Å². The maximum absolute atomic E-state index is 5.92. The van der Waals surface area contributed by atoms with Crippen LogP contribution >= 0.6 is 0 Å². The fourth-order valence-electron chi connectivity index (χ4n) is 3.54. The first-order valence-corrected chi connectivity index (χ1v) is 9.16. The Hall–Kier alpha value is -2.27. The van der Waals surface area contributed by atoms with Crippen molar-refractivity contribution in [1.82, 2.24) is 10.3 Å². The molecule has 1 aromatic heterocycles. The Morgan fingerprint density at radius 2 is 1.84 bits per heavy atom. The summed E-state index contributed by atoms with van der Waals surface area (Å²) in [6.07, 6.45) is 6.96. The van der Waals surface area contributed by atoms with Crippen LogP contribution in [0.1, 0.15) is 24.8 Å². The van der Waals surface area contributed by atoms with Crippen molar-refractivity contribution in [3.05, 3.63) is 48.3 Å². The number of fused-ring (bicyclic) bond motifs is 1. The molecule has 4 rings (SSSR count). The molecule has 1 N–H and O–H groups in total. The molecule has 132 valence electrons. The molecule has 2 aliphatic heterocycles. The van der Waals surface area contributed by atoms with Crippen LogP contribution in [0.3, 0.4) is 0 Å². The van der Waals surface area contributed by atoms with Gasteiger partial charge in [0.2, 0.25) is 0 Å². The van der Waals surface area contributed by atoms with Gasteiger partial charge in [-0.1, -0.05) is 12.1 Å². The standard InChI is InChI=1S/C20H25N3O2/c1-3-16(20-19(4-1)24-13-2-14-25-20)15-22-17-7-11-23(12-8-17)18-5-9-21-10-6-18/h1,3-6,9-10,17,22H,2,7-8,11-15H2. The zero-order chi connectivity index (χ0) is 16.9. The number of hydrogen-bond acceptors (Lipinski definition) is 5. The lowest BCUT2D eigenvalue weighted by Crippen LogP contribution is -2.42. The lowest BCUT2D eigenvalue weighted by atomic mass is 10.0. The molecule has 2 aliphatic rings. The van der Waals surface area contributed by atoms with Crippen molar-refractivity contribution in [2.45, 2.75) is 31.8 Å². The molecule has 0 bridgehead atoms. The van der Waals surface area contributed by atoms with Gasteiger partial charge < -0.3 is 19.7 Å². The van der Waals surface area contributed by atoms with E-state index in [1.165, 1.54) is 11.3 Å². The van der Waals surface area contributed by atoms with Crippen LogP contribution in [0, 0.1) is 0 Å². The Balaban J connectivity index is 1.33. The van der Waals surface area contributed by atoms with E-state index in [0.29, 0.717) is 6.04 Å². The van der Waals surface area contributed by atoms with Crippen molar-refractivity contribution >= 4 is 5.69 Å². The maximum Gasteiger partial charge on any atom is 0.165 e. The number of pyridine rings is 1. The molecule has 0 spiro atoms. The fourth-order valence-corrected chi connectivity index (χ4v) is 3.54. The molecule has 1 saturated heterocycles. The number of nitrogens with zero attached hydrogens (tertiary/aromatic N) is 2. The largest absolute Gasteiger partial charge is 0.490 e. The second-order valence-electron chi connectivity index (χ2n) is 6.64. The van der Waals surface area contributed by atoms with Crippen LogP contribution in [-0.4, -0.2) is 37.3 Å². The number of piperidine rings is 1. The van der Waals surface area contributed by atoms with Crippen molar-refractivity contribution in [3.8, 4) is 11.5 Å². The zero-order valence-electron chi connectivity index (χ0n) is 14.5. The van der Waals surface area contributed by atoms with Gasteiger partial charge in [-0.15, -0.1) is 0 Å². The number of benzene rings is 1. The van der Waals surface area contributed by atoms with Gasteiger partial charge in [0.15, 0.2) is 11.5 Å². The number of ether oxygens (including phenoxy) is 2. The molecule has 1 fully saturated rings. The number of hydrogen-bond donors (Lipinski definition) is 1. The lowest BCUT2D eigenvalue weighted by Gasteiger charge is -2.34. The minimum absolute atomic E-state index is 0.542. The smallest absolute Gasteiger partial charge is 0.165 e. The highest BCUT2D eigenvalue weighted by Crippen LogP contribution is 2.33. The second-order valence-corrected chi connectivity index (χ2v) is 6.64. The molecule has 0 saturated carbocycles. The van der Waals surface area contributed by atoms with Crippen LogP contribution in [0.4, 0.5) is 5.69 Å². The topological polar surface area (TPSA) is 46.6 Å². The van der Waals surface area contributed by atoms with Gasteiger partial charge >= 0.3 is 0 Å². The van der Waals surface area contributed by atoms with E-state index in [1.54, 1.807) is 0 Å². The minimum atomic E-state index is 0.542. The second kappa shape index (κ2) is 7.74. The van der Waals surface area contributed by atoms with E-state index in [1.807, 2.05) is 18.5 Å². The lowest BCUT2D eigenvalue weighted by molar-refractivity contribution is 0.295. The summed E-state index contributed by atoms with van der Waals surface area (Å²) in [5.41, 5.74) is 2.46. The van der Waals surface area contributed by atoms with Crippen LogP contribution in [0.2, 0.25) is 0 Å². The van der Waals surface area contributed by atoms with Gasteiger partial charge in [0.05, 0.1) is 13.2 Å². The third-order valence-electron chi connectivity index (χ3n) is 4.96. The molecule has 0 atom stereocenters. The molecule has 3 heterocycles. The Kier molecular flexibility index (Phi) is 5.02. The van der Waals surface area contributed by atoms with Gasteiger partial charge in [-0.05, 0) is 31.0 Å². The molecule has 0 aliphatic carbocycles. The highest BCUT2D eigenvalue weighted by Gasteiger charge is 2.20. The molecule has 1 aromatic carbocycles. The third kappa shape index (κ3) is 3.87. The average Bonchev–Trinajstić information content (AvgIpc) is 2.93. The SMILES string of the molecule is c1cc(CNC2CCN(c3ccncc3)CC2)c2c(c1)OCCCO2. The van der Waals surface area contributed by atoms with Gasteiger partial charge in [-0.3, -0.25) is 4.98 Å². The molecular weight excluding hydrogens is 314 g/mol. The summed E-state index contributed by atoms with van der Waals surface area (Å²) in [6, 6.07) is 10.9. The average molecular weight is 339 g/mol. The Labute approximate surface area is 149 Å². The summed E-state index contributed by atoms with van der Waals surface area (Å²) in [5.74, 6) is 1.80.